The molecule has 6 heteroatoms. The van der Waals surface area contributed by atoms with Crippen molar-refractivity contribution in [1.82, 2.24) is 0 Å². The Morgan fingerprint density at radius 3 is 2.45 bits per heavy atom. The summed E-state index contributed by atoms with van der Waals surface area (Å²) in [5, 5.41) is 0. The fourth-order valence-electron chi connectivity index (χ4n) is 2.52. The fourth-order valence-corrected chi connectivity index (χ4v) is 2.52. The highest BCUT2D eigenvalue weighted by Gasteiger charge is 2.41. The molecule has 0 aromatic heterocycles. The number of rotatable bonds is 11. The van der Waals surface area contributed by atoms with Gasteiger partial charge in [0.05, 0.1) is 0 Å². The molecule has 0 radical (unpaired) electrons. The molecule has 0 amide bonds. The molecule has 0 saturated carbocycles. The standard InChI is InChI=1S/C16H29F3O3/c1-2-20-12-8-5-3-4-6-10-14(16(17,18)19)22-15-11-7-9-13-21-15/h14-15H,2-13H2,1H3. The summed E-state index contributed by atoms with van der Waals surface area (Å²) in [6.07, 6.45) is -0.0872. The van der Waals surface area contributed by atoms with Crippen LogP contribution < -0.4 is 0 Å². The Labute approximate surface area is 131 Å². The van der Waals surface area contributed by atoms with E-state index in [2.05, 4.69) is 0 Å². The van der Waals surface area contributed by atoms with E-state index in [0.717, 1.165) is 45.1 Å². The van der Waals surface area contributed by atoms with E-state index in [1.807, 2.05) is 6.92 Å². The Bertz CT molecular complexity index is 266. The van der Waals surface area contributed by atoms with E-state index in [-0.39, 0.29) is 6.42 Å². The lowest BCUT2D eigenvalue weighted by Gasteiger charge is -2.29. The molecule has 0 aliphatic carbocycles. The molecular formula is C16H29F3O3. The smallest absolute Gasteiger partial charge is 0.382 e. The Hall–Kier alpha value is -0.330. The third-order valence-corrected chi connectivity index (χ3v) is 3.78. The quantitative estimate of drug-likeness (QED) is 0.509. The van der Waals surface area contributed by atoms with Crippen molar-refractivity contribution in [2.24, 2.45) is 0 Å². The number of hydrogen-bond donors (Lipinski definition) is 0. The third-order valence-electron chi connectivity index (χ3n) is 3.78. The van der Waals surface area contributed by atoms with E-state index in [9.17, 15) is 13.2 Å². The molecule has 0 spiro atoms. The summed E-state index contributed by atoms with van der Waals surface area (Å²) in [6, 6.07) is 0. The van der Waals surface area contributed by atoms with Gasteiger partial charge in [-0.05, 0) is 39.0 Å². The molecule has 3 nitrogen and oxygen atoms in total. The maximum atomic E-state index is 13.0. The van der Waals surface area contributed by atoms with E-state index < -0.39 is 18.6 Å². The van der Waals surface area contributed by atoms with E-state index in [0.29, 0.717) is 26.1 Å². The van der Waals surface area contributed by atoms with Crippen LogP contribution in [0.1, 0.15) is 64.7 Å². The normalized spacial score (nSPS) is 21.0. The first-order chi connectivity index (χ1) is 10.5. The first-order valence-electron chi connectivity index (χ1n) is 8.45. The number of ether oxygens (including phenoxy) is 3. The number of unbranched alkanes of at least 4 members (excludes halogenated alkanes) is 4. The second kappa shape index (κ2) is 11.2. The first-order valence-corrected chi connectivity index (χ1v) is 8.45. The highest BCUT2D eigenvalue weighted by molar-refractivity contribution is 4.70. The van der Waals surface area contributed by atoms with Gasteiger partial charge in [0.15, 0.2) is 12.4 Å². The Kier molecular flexibility index (Phi) is 10.1. The molecule has 1 saturated heterocycles. The molecule has 1 heterocycles. The van der Waals surface area contributed by atoms with E-state index in [1.54, 1.807) is 0 Å². The van der Waals surface area contributed by atoms with Crippen molar-refractivity contribution in [2.75, 3.05) is 19.8 Å². The zero-order valence-corrected chi connectivity index (χ0v) is 13.5. The lowest BCUT2D eigenvalue weighted by atomic mass is 10.1. The minimum Gasteiger partial charge on any atom is -0.382 e. The first kappa shape index (κ1) is 19.7. The van der Waals surface area contributed by atoms with Gasteiger partial charge < -0.3 is 14.2 Å². The molecule has 22 heavy (non-hydrogen) atoms. The van der Waals surface area contributed by atoms with Gasteiger partial charge in [-0.3, -0.25) is 0 Å². The van der Waals surface area contributed by atoms with Crippen LogP contribution in [0, 0.1) is 0 Å². The summed E-state index contributed by atoms with van der Waals surface area (Å²) in [5.41, 5.74) is 0. The summed E-state index contributed by atoms with van der Waals surface area (Å²) in [4.78, 5) is 0. The highest BCUT2D eigenvalue weighted by Crippen LogP contribution is 2.30. The summed E-state index contributed by atoms with van der Waals surface area (Å²) >= 11 is 0. The van der Waals surface area contributed by atoms with Gasteiger partial charge >= 0.3 is 6.18 Å². The summed E-state index contributed by atoms with van der Waals surface area (Å²) < 4.78 is 54.6. The van der Waals surface area contributed by atoms with Crippen molar-refractivity contribution < 1.29 is 27.4 Å². The maximum absolute atomic E-state index is 13.0. The van der Waals surface area contributed by atoms with Gasteiger partial charge in [0.2, 0.25) is 0 Å². The predicted molar refractivity (Wildman–Crippen MR) is 78.7 cm³/mol. The van der Waals surface area contributed by atoms with Crippen LogP contribution in [0.4, 0.5) is 13.2 Å². The molecule has 0 N–H and O–H groups in total. The Morgan fingerprint density at radius 1 is 1.09 bits per heavy atom. The van der Waals surface area contributed by atoms with Crippen molar-refractivity contribution in [3.63, 3.8) is 0 Å². The van der Waals surface area contributed by atoms with Crippen molar-refractivity contribution in [3.05, 3.63) is 0 Å². The second-order valence-electron chi connectivity index (χ2n) is 5.72. The largest absolute Gasteiger partial charge is 0.414 e. The van der Waals surface area contributed by atoms with Crippen LogP contribution in [0.3, 0.4) is 0 Å². The number of alkyl halides is 3. The maximum Gasteiger partial charge on any atom is 0.414 e. The van der Waals surface area contributed by atoms with Crippen LogP contribution in [0.5, 0.6) is 0 Å². The van der Waals surface area contributed by atoms with Crippen LogP contribution in [-0.4, -0.2) is 38.4 Å². The van der Waals surface area contributed by atoms with Crippen molar-refractivity contribution in [2.45, 2.75) is 83.3 Å². The molecule has 1 fully saturated rings. The highest BCUT2D eigenvalue weighted by atomic mass is 19.4. The summed E-state index contributed by atoms with van der Waals surface area (Å²) in [7, 11) is 0. The van der Waals surface area contributed by atoms with E-state index >= 15 is 0 Å². The van der Waals surface area contributed by atoms with Crippen LogP contribution in [-0.2, 0) is 14.2 Å². The molecule has 0 aromatic carbocycles. The van der Waals surface area contributed by atoms with Crippen LogP contribution in [0.25, 0.3) is 0 Å². The molecule has 0 aromatic rings. The minimum atomic E-state index is -4.31. The molecule has 0 bridgehead atoms. The van der Waals surface area contributed by atoms with Gasteiger partial charge in [0.1, 0.15) is 0 Å². The summed E-state index contributed by atoms with van der Waals surface area (Å²) in [6.45, 7) is 3.90. The van der Waals surface area contributed by atoms with Crippen molar-refractivity contribution >= 4 is 0 Å². The van der Waals surface area contributed by atoms with Gasteiger partial charge in [-0.15, -0.1) is 0 Å². The SMILES string of the molecule is CCOCCCCCCCC(OC1CCCCO1)C(F)(F)F. The number of hydrogen-bond acceptors (Lipinski definition) is 3. The molecule has 1 aliphatic rings. The summed E-state index contributed by atoms with van der Waals surface area (Å²) in [5.74, 6) is 0. The van der Waals surface area contributed by atoms with Crippen molar-refractivity contribution in [1.29, 1.82) is 0 Å². The zero-order chi connectivity index (χ0) is 16.3. The van der Waals surface area contributed by atoms with Crippen LogP contribution in [0.15, 0.2) is 0 Å². The van der Waals surface area contributed by atoms with Crippen LogP contribution in [0.2, 0.25) is 0 Å². The molecular weight excluding hydrogens is 297 g/mol. The lowest BCUT2D eigenvalue weighted by Crippen LogP contribution is -2.37. The minimum absolute atomic E-state index is 0.0226. The van der Waals surface area contributed by atoms with Gasteiger partial charge in [-0.2, -0.15) is 13.2 Å². The average Bonchev–Trinajstić information content (AvgIpc) is 2.49. The Balaban J connectivity index is 2.16. The fraction of sp³-hybridized carbons (Fsp3) is 1.00. The zero-order valence-electron chi connectivity index (χ0n) is 13.5. The predicted octanol–water partition coefficient (Wildman–Crippen LogP) is 4.84. The van der Waals surface area contributed by atoms with E-state index in [4.69, 9.17) is 14.2 Å². The van der Waals surface area contributed by atoms with Crippen molar-refractivity contribution in [3.8, 4) is 0 Å². The Morgan fingerprint density at radius 2 is 1.82 bits per heavy atom. The van der Waals surface area contributed by atoms with Crippen LogP contribution >= 0.6 is 0 Å². The topological polar surface area (TPSA) is 27.7 Å². The molecule has 2 atom stereocenters. The van der Waals surface area contributed by atoms with Gasteiger partial charge in [-0.25, -0.2) is 0 Å². The van der Waals surface area contributed by atoms with Gasteiger partial charge in [0.25, 0.3) is 0 Å². The lowest BCUT2D eigenvalue weighted by molar-refractivity contribution is -0.279. The number of halogens is 3. The second-order valence-corrected chi connectivity index (χ2v) is 5.72. The van der Waals surface area contributed by atoms with Gasteiger partial charge in [-0.1, -0.05) is 25.7 Å². The molecule has 1 rings (SSSR count). The van der Waals surface area contributed by atoms with E-state index in [1.165, 1.54) is 0 Å². The monoisotopic (exact) mass is 326 g/mol. The molecule has 1 aliphatic heterocycles. The van der Waals surface area contributed by atoms with Gasteiger partial charge in [0, 0.05) is 19.8 Å². The third kappa shape index (κ3) is 8.96. The molecule has 132 valence electrons. The average molecular weight is 326 g/mol. The molecule has 2 unspecified atom stereocenters.